The molecule has 1 amide bonds. The Morgan fingerprint density at radius 3 is 2.33 bits per heavy atom. The maximum absolute atomic E-state index is 12.2. The van der Waals surface area contributed by atoms with Gasteiger partial charge in [-0.25, -0.2) is 0 Å². The molecular weight excluding hydrogens is 251 g/mol. The lowest BCUT2D eigenvalue weighted by Crippen LogP contribution is -2.45. The summed E-state index contributed by atoms with van der Waals surface area (Å²) in [6, 6.07) is -0.884. The van der Waals surface area contributed by atoms with Crippen LogP contribution in [0.15, 0.2) is 0 Å². The van der Waals surface area contributed by atoms with Gasteiger partial charge in [0.25, 0.3) is 0 Å². The van der Waals surface area contributed by atoms with E-state index in [9.17, 15) is 18.0 Å². The molecule has 1 heterocycles. The molecule has 0 aromatic carbocycles. The summed E-state index contributed by atoms with van der Waals surface area (Å²) in [6.07, 6.45) is -4.64. The van der Waals surface area contributed by atoms with Gasteiger partial charge in [-0.15, -0.1) is 5.10 Å². The van der Waals surface area contributed by atoms with Gasteiger partial charge >= 0.3 is 6.18 Å². The number of H-pyrrole nitrogens is 1. The molecule has 102 valence electrons. The van der Waals surface area contributed by atoms with Crippen LogP contribution < -0.4 is 11.1 Å². The van der Waals surface area contributed by atoms with Gasteiger partial charge in [0.05, 0.1) is 6.04 Å². The molecule has 0 aliphatic heterocycles. The number of halogens is 3. The van der Waals surface area contributed by atoms with Crippen molar-refractivity contribution in [3.8, 4) is 0 Å². The zero-order valence-corrected chi connectivity index (χ0v) is 10.1. The van der Waals surface area contributed by atoms with Crippen LogP contribution >= 0.6 is 0 Å². The lowest BCUT2D eigenvalue weighted by atomic mass is 9.87. The van der Waals surface area contributed by atoms with E-state index in [0.29, 0.717) is 0 Å². The monoisotopic (exact) mass is 265 g/mol. The van der Waals surface area contributed by atoms with Gasteiger partial charge < -0.3 is 5.73 Å². The maximum Gasteiger partial charge on any atom is 0.451 e. The summed E-state index contributed by atoms with van der Waals surface area (Å²) >= 11 is 0. The first-order valence-electron chi connectivity index (χ1n) is 5.08. The Kier molecular flexibility index (Phi) is 3.65. The second-order valence-electron chi connectivity index (χ2n) is 4.84. The fraction of sp³-hybridized carbons (Fsp3) is 0.667. The van der Waals surface area contributed by atoms with Crippen molar-refractivity contribution in [3.05, 3.63) is 5.82 Å². The van der Waals surface area contributed by atoms with Crippen LogP contribution in [0.1, 0.15) is 26.6 Å². The van der Waals surface area contributed by atoms with Gasteiger partial charge in [-0.1, -0.05) is 20.8 Å². The number of alkyl halides is 3. The predicted molar refractivity (Wildman–Crippen MR) is 57.4 cm³/mol. The van der Waals surface area contributed by atoms with E-state index in [0.717, 1.165) is 0 Å². The van der Waals surface area contributed by atoms with Crippen molar-refractivity contribution in [2.75, 3.05) is 5.32 Å². The molecule has 0 radical (unpaired) electrons. The molecule has 0 bridgehead atoms. The van der Waals surface area contributed by atoms with Crippen molar-refractivity contribution < 1.29 is 18.0 Å². The fourth-order valence-corrected chi connectivity index (χ4v) is 1.03. The van der Waals surface area contributed by atoms with Gasteiger partial charge in [-0.2, -0.15) is 18.2 Å². The van der Waals surface area contributed by atoms with Gasteiger partial charge in [0.1, 0.15) is 0 Å². The highest BCUT2D eigenvalue weighted by Crippen LogP contribution is 2.26. The second-order valence-corrected chi connectivity index (χ2v) is 4.84. The van der Waals surface area contributed by atoms with Gasteiger partial charge in [0, 0.05) is 0 Å². The number of nitrogens with one attached hydrogen (secondary N) is 2. The minimum Gasteiger partial charge on any atom is -0.319 e. The Bertz CT molecular complexity index is 434. The first-order chi connectivity index (χ1) is 8.01. The molecule has 0 fully saturated rings. The largest absolute Gasteiger partial charge is 0.451 e. The SMILES string of the molecule is CC(C)(C)[C@H](N)C(=O)Nc1n[nH]c(C(F)(F)F)n1. The molecule has 0 aliphatic rings. The van der Waals surface area contributed by atoms with E-state index in [4.69, 9.17) is 5.73 Å². The van der Waals surface area contributed by atoms with E-state index in [1.54, 1.807) is 25.9 Å². The number of hydrogen-bond donors (Lipinski definition) is 3. The lowest BCUT2D eigenvalue weighted by Gasteiger charge is -2.25. The molecule has 0 saturated heterocycles. The van der Waals surface area contributed by atoms with Gasteiger partial charge in [-0.3, -0.25) is 15.2 Å². The quantitative estimate of drug-likeness (QED) is 0.746. The number of nitrogens with zero attached hydrogens (tertiary/aromatic N) is 2. The van der Waals surface area contributed by atoms with E-state index in [1.807, 2.05) is 0 Å². The molecular formula is C9H14F3N5O. The molecule has 4 N–H and O–H groups in total. The minimum atomic E-state index is -4.64. The van der Waals surface area contributed by atoms with Crippen LogP contribution in [-0.4, -0.2) is 27.1 Å². The zero-order chi connectivity index (χ0) is 14.1. The van der Waals surface area contributed by atoms with Crippen molar-refractivity contribution >= 4 is 11.9 Å². The average molecular weight is 265 g/mol. The summed E-state index contributed by atoms with van der Waals surface area (Å²) < 4.78 is 36.6. The smallest absolute Gasteiger partial charge is 0.319 e. The minimum absolute atomic E-state index is 0.452. The van der Waals surface area contributed by atoms with Crippen molar-refractivity contribution in [1.82, 2.24) is 15.2 Å². The van der Waals surface area contributed by atoms with Gasteiger partial charge in [0.2, 0.25) is 17.7 Å². The standard InChI is InChI=1S/C9H14F3N5O/c1-8(2,3)4(13)5(18)14-7-15-6(16-17-7)9(10,11)12/h4H,13H2,1-3H3,(H2,14,15,16,17,18)/t4-/m1/s1. The summed E-state index contributed by atoms with van der Waals surface area (Å²) in [5.74, 6) is -2.37. The first-order valence-corrected chi connectivity index (χ1v) is 5.08. The van der Waals surface area contributed by atoms with Crippen molar-refractivity contribution in [2.45, 2.75) is 33.0 Å². The highest BCUT2D eigenvalue weighted by atomic mass is 19.4. The molecule has 1 rings (SSSR count). The van der Waals surface area contributed by atoms with E-state index < -0.39 is 35.3 Å². The molecule has 6 nitrogen and oxygen atoms in total. The third-order valence-corrected chi connectivity index (χ3v) is 2.20. The Balaban J connectivity index is 2.75. The number of anilines is 1. The van der Waals surface area contributed by atoms with Crippen LogP contribution in [0.3, 0.4) is 0 Å². The molecule has 0 aliphatic carbocycles. The second kappa shape index (κ2) is 4.56. The molecule has 0 unspecified atom stereocenters. The number of rotatable bonds is 2. The highest BCUT2D eigenvalue weighted by Gasteiger charge is 2.36. The molecule has 1 atom stereocenters. The van der Waals surface area contributed by atoms with Crippen LogP contribution in [0, 0.1) is 5.41 Å². The number of aromatic nitrogens is 3. The first kappa shape index (κ1) is 14.4. The lowest BCUT2D eigenvalue weighted by molar-refractivity contribution is -0.144. The normalized spacial score (nSPS) is 14.4. The van der Waals surface area contributed by atoms with Crippen molar-refractivity contribution in [1.29, 1.82) is 0 Å². The van der Waals surface area contributed by atoms with Gasteiger partial charge in [-0.05, 0) is 5.41 Å². The van der Waals surface area contributed by atoms with E-state index in [-0.39, 0.29) is 0 Å². The van der Waals surface area contributed by atoms with Gasteiger partial charge in [0.15, 0.2) is 0 Å². The molecule has 9 heteroatoms. The van der Waals surface area contributed by atoms with Crippen molar-refractivity contribution in [3.63, 3.8) is 0 Å². The Morgan fingerprint density at radius 1 is 1.39 bits per heavy atom. The average Bonchev–Trinajstić information content (AvgIpc) is 2.62. The molecule has 1 aromatic heterocycles. The maximum atomic E-state index is 12.2. The molecule has 18 heavy (non-hydrogen) atoms. The topological polar surface area (TPSA) is 96.7 Å². The third-order valence-electron chi connectivity index (χ3n) is 2.20. The summed E-state index contributed by atoms with van der Waals surface area (Å²) in [7, 11) is 0. The predicted octanol–water partition coefficient (Wildman–Crippen LogP) is 1.14. The number of carbonyl (C=O) groups is 1. The van der Waals surface area contributed by atoms with E-state index in [2.05, 4.69) is 15.4 Å². The van der Waals surface area contributed by atoms with Crippen LogP contribution in [0.5, 0.6) is 0 Å². The summed E-state index contributed by atoms with van der Waals surface area (Å²) in [5, 5.41) is 7.05. The fourth-order valence-electron chi connectivity index (χ4n) is 1.03. The van der Waals surface area contributed by atoms with E-state index in [1.165, 1.54) is 0 Å². The number of aromatic amines is 1. The van der Waals surface area contributed by atoms with Crippen LogP contribution in [0.4, 0.5) is 19.1 Å². The van der Waals surface area contributed by atoms with Crippen molar-refractivity contribution in [2.24, 2.45) is 11.1 Å². The zero-order valence-electron chi connectivity index (χ0n) is 10.1. The van der Waals surface area contributed by atoms with E-state index >= 15 is 0 Å². The summed E-state index contributed by atoms with van der Waals surface area (Å²) in [6.45, 7) is 5.20. The highest BCUT2D eigenvalue weighted by molar-refractivity contribution is 5.93. The Hall–Kier alpha value is -1.64. The molecule has 1 aromatic rings. The van der Waals surface area contributed by atoms with Crippen LogP contribution in [0.25, 0.3) is 0 Å². The van der Waals surface area contributed by atoms with Crippen LogP contribution in [0.2, 0.25) is 0 Å². The third kappa shape index (κ3) is 3.42. The number of hydrogen-bond acceptors (Lipinski definition) is 4. The number of nitrogens with two attached hydrogens (primary N) is 1. The number of carbonyl (C=O) groups excluding carboxylic acids is 1. The summed E-state index contributed by atoms with van der Waals surface area (Å²) in [5.41, 5.74) is 5.11. The van der Waals surface area contributed by atoms with Crippen LogP contribution in [-0.2, 0) is 11.0 Å². The summed E-state index contributed by atoms with van der Waals surface area (Å²) in [4.78, 5) is 14.7. The molecule has 0 saturated carbocycles. The number of amides is 1. The Morgan fingerprint density at radius 2 is 1.94 bits per heavy atom. The molecule has 0 spiro atoms. The Labute approximate surface area is 101 Å².